The normalized spacial score (nSPS) is 12.8. The summed E-state index contributed by atoms with van der Waals surface area (Å²) in [5.74, 6) is 1.59. The maximum atomic E-state index is 13.0. The van der Waals surface area contributed by atoms with E-state index in [0.29, 0.717) is 45.3 Å². The van der Waals surface area contributed by atoms with E-state index in [1.807, 2.05) is 6.92 Å². The number of thioether (sulfide) groups is 1. The molecule has 1 atom stereocenters. The molecule has 0 aliphatic rings. The second kappa shape index (κ2) is 7.80. The molecule has 0 saturated heterocycles. The molecule has 26 heavy (non-hydrogen) atoms. The van der Waals surface area contributed by atoms with E-state index in [1.165, 1.54) is 11.8 Å². The van der Waals surface area contributed by atoms with Crippen LogP contribution < -0.4 is 5.56 Å². The number of halogens is 1. The molecular weight excluding hydrogens is 372 g/mol. The van der Waals surface area contributed by atoms with Crippen molar-refractivity contribution in [3.8, 4) is 0 Å². The van der Waals surface area contributed by atoms with Crippen LogP contribution in [0.15, 0.2) is 32.7 Å². The predicted molar refractivity (Wildman–Crippen MR) is 104 cm³/mol. The van der Waals surface area contributed by atoms with Gasteiger partial charge in [0.25, 0.3) is 5.56 Å². The maximum absolute atomic E-state index is 13.0. The van der Waals surface area contributed by atoms with Crippen LogP contribution in [-0.4, -0.2) is 19.7 Å². The summed E-state index contributed by atoms with van der Waals surface area (Å²) >= 11 is 7.52. The number of nitrogens with zero attached hydrogens (tertiary/aromatic N) is 4. The van der Waals surface area contributed by atoms with Gasteiger partial charge in [-0.15, -0.1) is 0 Å². The molecule has 1 unspecified atom stereocenters. The Morgan fingerprint density at radius 3 is 2.69 bits per heavy atom. The zero-order valence-corrected chi connectivity index (χ0v) is 16.8. The van der Waals surface area contributed by atoms with E-state index in [0.717, 1.165) is 6.42 Å². The zero-order valence-electron chi connectivity index (χ0n) is 15.2. The Morgan fingerprint density at radius 1 is 1.27 bits per heavy atom. The molecule has 2 aromatic heterocycles. The molecule has 0 amide bonds. The Bertz CT molecular complexity index is 983. The van der Waals surface area contributed by atoms with Gasteiger partial charge in [-0.25, -0.2) is 4.98 Å². The molecule has 3 aromatic rings. The highest BCUT2D eigenvalue weighted by molar-refractivity contribution is 7.99. The Balaban J connectivity index is 2.05. The number of fused-ring (bicyclic) bond motifs is 1. The summed E-state index contributed by atoms with van der Waals surface area (Å²) in [6.07, 6.45) is 0.891. The van der Waals surface area contributed by atoms with Crippen LogP contribution in [0, 0.1) is 12.8 Å². The van der Waals surface area contributed by atoms with Gasteiger partial charge in [-0.3, -0.25) is 9.36 Å². The quantitative estimate of drug-likeness (QED) is 0.449. The Kier molecular flexibility index (Phi) is 5.67. The van der Waals surface area contributed by atoms with E-state index in [-0.39, 0.29) is 10.8 Å². The number of hydrogen-bond donors (Lipinski definition) is 0. The van der Waals surface area contributed by atoms with Crippen molar-refractivity contribution in [3.05, 3.63) is 45.3 Å². The standard InChI is InChI=1S/C18H21ClN4O2S/c1-10(2)7-8-23-17(24)14-6-5-13(19)9-15(14)21-18(23)26-11(3)16-20-12(4)22-25-16/h5-6,9-11H,7-8H2,1-4H3. The van der Waals surface area contributed by atoms with Gasteiger partial charge in [-0.05, 0) is 44.4 Å². The molecular formula is C18H21ClN4O2S. The Labute approximate surface area is 161 Å². The molecule has 0 fully saturated rings. The van der Waals surface area contributed by atoms with Crippen molar-refractivity contribution in [2.45, 2.75) is 51.1 Å². The highest BCUT2D eigenvalue weighted by atomic mass is 35.5. The average Bonchev–Trinajstić information content (AvgIpc) is 3.00. The van der Waals surface area contributed by atoms with Crippen molar-refractivity contribution in [3.63, 3.8) is 0 Å². The highest BCUT2D eigenvalue weighted by Crippen LogP contribution is 2.33. The number of aromatic nitrogens is 4. The largest absolute Gasteiger partial charge is 0.338 e. The van der Waals surface area contributed by atoms with E-state index in [9.17, 15) is 4.79 Å². The summed E-state index contributed by atoms with van der Waals surface area (Å²) in [6, 6.07) is 5.17. The van der Waals surface area contributed by atoms with Crippen molar-refractivity contribution in [2.24, 2.45) is 5.92 Å². The molecule has 0 bridgehead atoms. The molecule has 0 aliphatic carbocycles. The third-order valence-corrected chi connectivity index (χ3v) is 5.30. The van der Waals surface area contributed by atoms with E-state index in [2.05, 4.69) is 24.0 Å². The Hall–Kier alpha value is -1.86. The van der Waals surface area contributed by atoms with Gasteiger partial charge in [0.15, 0.2) is 11.0 Å². The lowest BCUT2D eigenvalue weighted by atomic mass is 10.1. The van der Waals surface area contributed by atoms with Crippen molar-refractivity contribution >= 4 is 34.3 Å². The lowest BCUT2D eigenvalue weighted by Crippen LogP contribution is -2.24. The fourth-order valence-electron chi connectivity index (χ4n) is 2.54. The zero-order chi connectivity index (χ0) is 18.8. The molecule has 0 radical (unpaired) electrons. The van der Waals surface area contributed by atoms with Gasteiger partial charge in [0.05, 0.1) is 16.2 Å². The van der Waals surface area contributed by atoms with Crippen LogP contribution in [0.25, 0.3) is 10.9 Å². The third kappa shape index (κ3) is 4.10. The van der Waals surface area contributed by atoms with Crippen LogP contribution in [0.3, 0.4) is 0 Å². The minimum Gasteiger partial charge on any atom is -0.338 e. The summed E-state index contributed by atoms with van der Waals surface area (Å²) in [5.41, 5.74) is 0.545. The minimum absolute atomic E-state index is 0.0521. The van der Waals surface area contributed by atoms with Gasteiger partial charge in [0.2, 0.25) is 5.89 Å². The molecule has 3 rings (SSSR count). The number of hydrogen-bond acceptors (Lipinski definition) is 6. The maximum Gasteiger partial charge on any atom is 0.262 e. The SMILES string of the molecule is Cc1noc(C(C)Sc2nc3cc(Cl)ccc3c(=O)n2CCC(C)C)n1. The van der Waals surface area contributed by atoms with Gasteiger partial charge < -0.3 is 4.52 Å². The average molecular weight is 393 g/mol. The van der Waals surface area contributed by atoms with Crippen LogP contribution in [0.4, 0.5) is 0 Å². The third-order valence-electron chi connectivity index (χ3n) is 3.99. The first-order valence-electron chi connectivity index (χ1n) is 8.52. The topological polar surface area (TPSA) is 73.8 Å². The fourth-order valence-corrected chi connectivity index (χ4v) is 3.67. The molecule has 1 aromatic carbocycles. The predicted octanol–water partition coefficient (Wildman–Crippen LogP) is 4.64. The van der Waals surface area contributed by atoms with E-state index in [1.54, 1.807) is 29.7 Å². The van der Waals surface area contributed by atoms with Crippen LogP contribution in [0.1, 0.15) is 44.2 Å². The lowest BCUT2D eigenvalue weighted by Gasteiger charge is -2.15. The van der Waals surface area contributed by atoms with Gasteiger partial charge in [-0.1, -0.05) is 42.4 Å². The second-order valence-electron chi connectivity index (χ2n) is 6.64. The van der Waals surface area contributed by atoms with Crippen molar-refractivity contribution in [1.82, 2.24) is 19.7 Å². The molecule has 138 valence electrons. The molecule has 6 nitrogen and oxygen atoms in total. The van der Waals surface area contributed by atoms with Crippen molar-refractivity contribution in [1.29, 1.82) is 0 Å². The highest BCUT2D eigenvalue weighted by Gasteiger charge is 2.19. The summed E-state index contributed by atoms with van der Waals surface area (Å²) < 4.78 is 6.99. The number of rotatable bonds is 6. The van der Waals surface area contributed by atoms with Crippen molar-refractivity contribution in [2.75, 3.05) is 0 Å². The molecule has 0 saturated carbocycles. The number of benzene rings is 1. The minimum atomic E-state index is -0.120. The van der Waals surface area contributed by atoms with Crippen LogP contribution in [-0.2, 0) is 6.54 Å². The summed E-state index contributed by atoms with van der Waals surface area (Å²) in [5, 5.41) is 5.48. The first kappa shape index (κ1) is 18.9. The summed E-state index contributed by atoms with van der Waals surface area (Å²) in [7, 11) is 0. The molecule has 0 spiro atoms. The van der Waals surface area contributed by atoms with E-state index < -0.39 is 0 Å². The van der Waals surface area contributed by atoms with Crippen LogP contribution in [0.2, 0.25) is 5.02 Å². The molecule has 0 aliphatic heterocycles. The van der Waals surface area contributed by atoms with Crippen molar-refractivity contribution < 1.29 is 4.52 Å². The summed E-state index contributed by atoms with van der Waals surface area (Å²) in [4.78, 5) is 22.0. The smallest absolute Gasteiger partial charge is 0.262 e. The van der Waals surface area contributed by atoms with Gasteiger partial charge >= 0.3 is 0 Å². The second-order valence-corrected chi connectivity index (χ2v) is 8.38. The molecule has 2 heterocycles. The molecule has 8 heteroatoms. The van der Waals surface area contributed by atoms with E-state index >= 15 is 0 Å². The first-order chi connectivity index (χ1) is 12.3. The van der Waals surface area contributed by atoms with Gasteiger partial charge in [0, 0.05) is 11.6 Å². The van der Waals surface area contributed by atoms with Gasteiger partial charge in [0.1, 0.15) is 0 Å². The van der Waals surface area contributed by atoms with Crippen LogP contribution >= 0.6 is 23.4 Å². The first-order valence-corrected chi connectivity index (χ1v) is 9.78. The molecule has 0 N–H and O–H groups in total. The fraction of sp³-hybridized carbons (Fsp3) is 0.444. The Morgan fingerprint density at radius 2 is 2.04 bits per heavy atom. The monoisotopic (exact) mass is 392 g/mol. The van der Waals surface area contributed by atoms with E-state index in [4.69, 9.17) is 21.1 Å². The van der Waals surface area contributed by atoms with Gasteiger partial charge in [-0.2, -0.15) is 4.98 Å². The number of aryl methyl sites for hydroxylation is 1. The lowest BCUT2D eigenvalue weighted by molar-refractivity contribution is 0.376. The van der Waals surface area contributed by atoms with Crippen LogP contribution in [0.5, 0.6) is 0 Å². The summed E-state index contributed by atoms with van der Waals surface area (Å²) in [6.45, 7) is 8.61.